The first-order valence-electron chi connectivity index (χ1n) is 6.50. The third-order valence-corrected chi connectivity index (χ3v) is 4.32. The van der Waals surface area contributed by atoms with Crippen molar-refractivity contribution in [2.45, 2.75) is 19.2 Å². The molecule has 0 aromatic heterocycles. The Bertz CT molecular complexity index is 760. The van der Waals surface area contributed by atoms with Crippen molar-refractivity contribution in [2.75, 3.05) is 0 Å². The maximum absolute atomic E-state index is 12.0. The first kappa shape index (κ1) is 15.2. The minimum atomic E-state index is -3.40. The summed E-state index contributed by atoms with van der Waals surface area (Å²) in [5.74, 6) is -0.0927. The molecule has 21 heavy (non-hydrogen) atoms. The van der Waals surface area contributed by atoms with Crippen LogP contribution >= 0.6 is 0 Å². The number of nitriles is 1. The molecule has 0 atom stereocenters. The Morgan fingerprint density at radius 2 is 1.81 bits per heavy atom. The molecule has 0 unspecified atom stereocenters. The Morgan fingerprint density at radius 3 is 2.43 bits per heavy atom. The third-order valence-electron chi connectivity index (χ3n) is 3.02. The monoisotopic (exact) mass is 300 g/mol. The Labute approximate surface area is 125 Å². The number of hydrogen-bond donors (Lipinski definition) is 1. The van der Waals surface area contributed by atoms with Gasteiger partial charge in [-0.05, 0) is 30.2 Å². The Kier molecular flexibility index (Phi) is 4.73. The highest BCUT2D eigenvalue weighted by Gasteiger charge is 2.11. The van der Waals surface area contributed by atoms with Crippen LogP contribution in [0.15, 0.2) is 48.5 Å². The van der Waals surface area contributed by atoms with Crippen molar-refractivity contribution in [2.24, 2.45) is 0 Å². The van der Waals surface area contributed by atoms with Gasteiger partial charge in [-0.15, -0.1) is 0 Å². The van der Waals surface area contributed by atoms with Crippen molar-refractivity contribution in [3.8, 4) is 6.07 Å². The Morgan fingerprint density at radius 1 is 1.10 bits per heavy atom. The smallest absolute Gasteiger partial charge is 0.212 e. The lowest BCUT2D eigenvalue weighted by Gasteiger charge is -2.07. The van der Waals surface area contributed by atoms with Gasteiger partial charge in [0.05, 0.1) is 17.4 Å². The Hall–Kier alpha value is -2.16. The van der Waals surface area contributed by atoms with E-state index in [2.05, 4.69) is 4.72 Å². The molecular weight excluding hydrogens is 284 g/mol. The summed E-state index contributed by atoms with van der Waals surface area (Å²) in [5, 5.41) is 8.71. The second kappa shape index (κ2) is 6.53. The topological polar surface area (TPSA) is 70.0 Å². The van der Waals surface area contributed by atoms with E-state index >= 15 is 0 Å². The van der Waals surface area contributed by atoms with E-state index in [9.17, 15) is 8.42 Å². The van der Waals surface area contributed by atoms with Crippen LogP contribution in [0, 0.1) is 18.3 Å². The molecule has 5 heteroatoms. The van der Waals surface area contributed by atoms with Crippen LogP contribution in [0.1, 0.15) is 22.3 Å². The average Bonchev–Trinajstić information content (AvgIpc) is 2.46. The molecule has 1 N–H and O–H groups in total. The van der Waals surface area contributed by atoms with Crippen LogP contribution in [0.5, 0.6) is 0 Å². The molecule has 0 fully saturated rings. The van der Waals surface area contributed by atoms with Crippen molar-refractivity contribution < 1.29 is 8.42 Å². The number of hydrogen-bond acceptors (Lipinski definition) is 3. The maximum Gasteiger partial charge on any atom is 0.216 e. The lowest BCUT2D eigenvalue weighted by Crippen LogP contribution is -2.24. The molecule has 0 saturated heterocycles. The predicted molar refractivity (Wildman–Crippen MR) is 81.8 cm³/mol. The van der Waals surface area contributed by atoms with Gasteiger partial charge in [0.25, 0.3) is 0 Å². The lowest BCUT2D eigenvalue weighted by atomic mass is 10.1. The number of nitrogens with zero attached hydrogens (tertiary/aromatic N) is 1. The molecule has 2 rings (SSSR count). The minimum absolute atomic E-state index is 0.0927. The fraction of sp³-hybridized carbons (Fsp3) is 0.188. The first-order chi connectivity index (χ1) is 9.98. The number of sulfonamides is 1. The molecule has 4 nitrogen and oxygen atoms in total. The molecule has 0 aliphatic heterocycles. The normalized spacial score (nSPS) is 11.0. The summed E-state index contributed by atoms with van der Waals surface area (Å²) in [6.07, 6.45) is 0. The van der Waals surface area contributed by atoms with Gasteiger partial charge >= 0.3 is 0 Å². The van der Waals surface area contributed by atoms with E-state index in [0.717, 1.165) is 11.1 Å². The molecule has 0 bridgehead atoms. The summed E-state index contributed by atoms with van der Waals surface area (Å²) in [4.78, 5) is 0. The quantitative estimate of drug-likeness (QED) is 0.922. The molecule has 0 heterocycles. The molecule has 0 radical (unpaired) electrons. The fourth-order valence-electron chi connectivity index (χ4n) is 1.96. The van der Waals surface area contributed by atoms with E-state index in [4.69, 9.17) is 5.26 Å². The zero-order chi connectivity index (χ0) is 15.3. The molecule has 0 aliphatic carbocycles. The van der Waals surface area contributed by atoms with Crippen LogP contribution in [0.3, 0.4) is 0 Å². The fourth-order valence-corrected chi connectivity index (χ4v) is 3.08. The van der Waals surface area contributed by atoms with Gasteiger partial charge in [-0.2, -0.15) is 5.26 Å². The van der Waals surface area contributed by atoms with Crippen LogP contribution in [-0.4, -0.2) is 8.42 Å². The summed E-state index contributed by atoms with van der Waals surface area (Å²) in [5.41, 5.74) is 3.20. The standard InChI is InChI=1S/C16H16N2O2S/c1-13-3-2-4-16(9-13)11-18-21(19,20)12-15-7-5-14(10-17)6-8-15/h2-9,18H,11-12H2,1H3. The van der Waals surface area contributed by atoms with Crippen molar-refractivity contribution in [1.82, 2.24) is 4.72 Å². The number of nitrogens with one attached hydrogen (secondary N) is 1. The number of benzene rings is 2. The van der Waals surface area contributed by atoms with Crippen LogP contribution in [-0.2, 0) is 22.3 Å². The van der Waals surface area contributed by atoms with Gasteiger partial charge in [-0.3, -0.25) is 0 Å². The van der Waals surface area contributed by atoms with Gasteiger partial charge < -0.3 is 0 Å². The van der Waals surface area contributed by atoms with E-state index in [1.165, 1.54) is 0 Å². The molecule has 0 aliphatic rings. The van der Waals surface area contributed by atoms with E-state index in [-0.39, 0.29) is 12.3 Å². The second-order valence-electron chi connectivity index (χ2n) is 4.88. The van der Waals surface area contributed by atoms with Crippen LogP contribution < -0.4 is 4.72 Å². The Balaban J connectivity index is 2.00. The summed E-state index contributed by atoms with van der Waals surface area (Å²) in [6, 6.07) is 16.3. The molecule has 0 amide bonds. The number of aryl methyl sites for hydroxylation is 1. The molecule has 2 aromatic carbocycles. The second-order valence-corrected chi connectivity index (χ2v) is 6.68. The van der Waals surface area contributed by atoms with E-state index in [1.807, 2.05) is 37.3 Å². The summed E-state index contributed by atoms with van der Waals surface area (Å²) >= 11 is 0. The van der Waals surface area contributed by atoms with E-state index in [0.29, 0.717) is 11.1 Å². The highest BCUT2D eigenvalue weighted by Crippen LogP contribution is 2.09. The van der Waals surface area contributed by atoms with Crippen molar-refractivity contribution in [3.63, 3.8) is 0 Å². The van der Waals surface area contributed by atoms with Gasteiger partial charge in [-0.1, -0.05) is 42.0 Å². The molecule has 2 aromatic rings. The maximum atomic E-state index is 12.0. The molecular formula is C16H16N2O2S. The lowest BCUT2D eigenvalue weighted by molar-refractivity contribution is 0.580. The molecule has 0 saturated carbocycles. The van der Waals surface area contributed by atoms with E-state index in [1.54, 1.807) is 24.3 Å². The summed E-state index contributed by atoms with van der Waals surface area (Å²) < 4.78 is 26.7. The van der Waals surface area contributed by atoms with Crippen LogP contribution in [0.25, 0.3) is 0 Å². The van der Waals surface area contributed by atoms with Gasteiger partial charge in [-0.25, -0.2) is 13.1 Å². The van der Waals surface area contributed by atoms with Crippen LogP contribution in [0.4, 0.5) is 0 Å². The summed E-state index contributed by atoms with van der Waals surface area (Å²) in [7, 11) is -3.40. The van der Waals surface area contributed by atoms with Crippen molar-refractivity contribution >= 4 is 10.0 Å². The zero-order valence-electron chi connectivity index (χ0n) is 11.7. The highest BCUT2D eigenvalue weighted by atomic mass is 32.2. The zero-order valence-corrected chi connectivity index (χ0v) is 12.5. The largest absolute Gasteiger partial charge is 0.216 e. The molecule has 0 spiro atoms. The van der Waals surface area contributed by atoms with Gasteiger partial charge in [0.2, 0.25) is 10.0 Å². The minimum Gasteiger partial charge on any atom is -0.212 e. The third kappa shape index (κ3) is 4.71. The van der Waals surface area contributed by atoms with Gasteiger partial charge in [0.1, 0.15) is 0 Å². The molecule has 108 valence electrons. The predicted octanol–water partition coefficient (Wildman–Crippen LogP) is 2.49. The summed E-state index contributed by atoms with van der Waals surface area (Å²) in [6.45, 7) is 2.25. The first-order valence-corrected chi connectivity index (χ1v) is 8.16. The van der Waals surface area contributed by atoms with Gasteiger partial charge in [0.15, 0.2) is 0 Å². The number of rotatable bonds is 5. The highest BCUT2D eigenvalue weighted by molar-refractivity contribution is 7.88. The van der Waals surface area contributed by atoms with Crippen LogP contribution in [0.2, 0.25) is 0 Å². The van der Waals surface area contributed by atoms with E-state index < -0.39 is 10.0 Å². The average molecular weight is 300 g/mol. The SMILES string of the molecule is Cc1cccc(CNS(=O)(=O)Cc2ccc(C#N)cc2)c1. The van der Waals surface area contributed by atoms with Gasteiger partial charge in [0, 0.05) is 6.54 Å². The van der Waals surface area contributed by atoms with Crippen molar-refractivity contribution in [1.29, 1.82) is 5.26 Å². The van der Waals surface area contributed by atoms with Crippen molar-refractivity contribution in [3.05, 3.63) is 70.8 Å².